The van der Waals surface area contributed by atoms with E-state index in [1.54, 1.807) is 0 Å². The Balaban J connectivity index is 1.06. The first kappa shape index (κ1) is 26.8. The summed E-state index contributed by atoms with van der Waals surface area (Å²) in [5.74, 6) is 1.50. The number of fused-ring (bicyclic) bond motifs is 1. The molecule has 1 saturated carbocycles. The van der Waals surface area contributed by atoms with Crippen LogP contribution in [-0.2, 0) is 4.79 Å². The Bertz CT molecular complexity index is 1320. The molecule has 0 unspecified atom stereocenters. The van der Waals surface area contributed by atoms with Crippen molar-refractivity contribution in [1.29, 1.82) is 0 Å². The summed E-state index contributed by atoms with van der Waals surface area (Å²) in [6.07, 6.45) is 5.27. The van der Waals surface area contributed by atoms with E-state index in [0.717, 1.165) is 74.6 Å². The van der Waals surface area contributed by atoms with Crippen LogP contribution >= 0.6 is 0 Å². The van der Waals surface area contributed by atoms with E-state index >= 15 is 0 Å². The number of aryl methyl sites for hydroxylation is 1. The second-order valence-electron chi connectivity index (χ2n) is 12.0. The molecule has 2 aliphatic heterocycles. The SMILES string of the molecule is Cc1nn(-c2ccccc2)c(C)c1C(=O)N1C[C@H]2CN(CC[C@H](NC(=O)C3CCCC3)c3ccccc3)C[C@H]2C1. The Labute approximate surface area is 237 Å². The highest BCUT2D eigenvalue weighted by Gasteiger charge is 2.42. The fraction of sp³-hybridized carbons (Fsp3) is 0.485. The van der Waals surface area contributed by atoms with Crippen LogP contribution in [0.5, 0.6) is 0 Å². The second kappa shape index (κ2) is 11.6. The Kier molecular flexibility index (Phi) is 7.74. The minimum absolute atomic E-state index is 0.0416. The molecule has 3 heterocycles. The maximum Gasteiger partial charge on any atom is 0.257 e. The number of rotatable bonds is 8. The van der Waals surface area contributed by atoms with Gasteiger partial charge >= 0.3 is 0 Å². The number of hydrogen-bond donors (Lipinski definition) is 1. The van der Waals surface area contributed by atoms with Crippen molar-refractivity contribution >= 4 is 11.8 Å². The number of carbonyl (C=O) groups excluding carboxylic acids is 2. The molecule has 7 heteroatoms. The highest BCUT2D eigenvalue weighted by molar-refractivity contribution is 5.96. The largest absolute Gasteiger partial charge is 0.349 e. The molecule has 2 aromatic carbocycles. The zero-order valence-electron chi connectivity index (χ0n) is 23.8. The smallest absolute Gasteiger partial charge is 0.257 e. The number of nitrogens with one attached hydrogen (secondary N) is 1. The number of benzene rings is 2. The van der Waals surface area contributed by atoms with E-state index in [-0.39, 0.29) is 23.8 Å². The van der Waals surface area contributed by atoms with E-state index in [1.165, 1.54) is 18.4 Å². The van der Waals surface area contributed by atoms with E-state index in [0.29, 0.717) is 11.8 Å². The third-order valence-electron chi connectivity index (χ3n) is 9.33. The van der Waals surface area contributed by atoms with E-state index in [2.05, 4.69) is 34.5 Å². The summed E-state index contributed by atoms with van der Waals surface area (Å²) in [5, 5.41) is 8.09. The minimum Gasteiger partial charge on any atom is -0.349 e. The number of para-hydroxylation sites is 1. The summed E-state index contributed by atoms with van der Waals surface area (Å²) < 4.78 is 1.88. The summed E-state index contributed by atoms with van der Waals surface area (Å²) in [5.41, 5.74) is 4.59. The van der Waals surface area contributed by atoms with Gasteiger partial charge in [-0.2, -0.15) is 5.10 Å². The molecule has 6 rings (SSSR count). The lowest BCUT2D eigenvalue weighted by Crippen LogP contribution is -2.36. The molecule has 0 bridgehead atoms. The topological polar surface area (TPSA) is 70.5 Å². The molecule has 3 aromatic rings. The van der Waals surface area contributed by atoms with Crippen LogP contribution in [0.15, 0.2) is 60.7 Å². The predicted molar refractivity (Wildman–Crippen MR) is 156 cm³/mol. The average molecular weight is 540 g/mol. The van der Waals surface area contributed by atoms with Crippen LogP contribution in [-0.4, -0.2) is 64.1 Å². The normalized spacial score (nSPS) is 22.0. The van der Waals surface area contributed by atoms with Crippen molar-refractivity contribution in [3.8, 4) is 5.69 Å². The zero-order chi connectivity index (χ0) is 27.6. The van der Waals surface area contributed by atoms with E-state index in [1.807, 2.05) is 59.8 Å². The van der Waals surface area contributed by atoms with E-state index in [4.69, 9.17) is 5.10 Å². The lowest BCUT2D eigenvalue weighted by molar-refractivity contribution is -0.125. The molecule has 3 aliphatic rings. The maximum atomic E-state index is 13.6. The van der Waals surface area contributed by atoms with Gasteiger partial charge in [-0.05, 0) is 62.6 Å². The van der Waals surface area contributed by atoms with Crippen molar-refractivity contribution in [2.24, 2.45) is 17.8 Å². The fourth-order valence-corrected chi connectivity index (χ4v) is 7.17. The van der Waals surface area contributed by atoms with Crippen LogP contribution < -0.4 is 5.32 Å². The molecule has 210 valence electrons. The molecule has 1 aliphatic carbocycles. The molecule has 2 amide bonds. The van der Waals surface area contributed by atoms with Crippen molar-refractivity contribution < 1.29 is 9.59 Å². The van der Waals surface area contributed by atoms with E-state index < -0.39 is 0 Å². The zero-order valence-corrected chi connectivity index (χ0v) is 23.8. The van der Waals surface area contributed by atoms with Crippen molar-refractivity contribution in [3.63, 3.8) is 0 Å². The first-order chi connectivity index (χ1) is 19.5. The Morgan fingerprint density at radius 2 is 1.52 bits per heavy atom. The first-order valence-electron chi connectivity index (χ1n) is 15.0. The van der Waals surface area contributed by atoms with Gasteiger partial charge in [0.1, 0.15) is 0 Å². The van der Waals surface area contributed by atoms with Crippen LogP contribution in [0.2, 0.25) is 0 Å². The van der Waals surface area contributed by atoms with E-state index in [9.17, 15) is 9.59 Å². The molecule has 40 heavy (non-hydrogen) atoms. The van der Waals surface area contributed by atoms with Gasteiger partial charge in [-0.15, -0.1) is 0 Å². The quantitative estimate of drug-likeness (QED) is 0.441. The van der Waals surface area contributed by atoms with Crippen LogP contribution in [0.1, 0.15) is 65.5 Å². The first-order valence-corrected chi connectivity index (χ1v) is 15.0. The average Bonchev–Trinajstić information content (AvgIpc) is 3.76. The number of hydrogen-bond acceptors (Lipinski definition) is 4. The number of carbonyl (C=O) groups is 2. The Hall–Kier alpha value is -3.45. The summed E-state index contributed by atoms with van der Waals surface area (Å²) in [6.45, 7) is 8.50. The highest BCUT2D eigenvalue weighted by atomic mass is 16.2. The summed E-state index contributed by atoms with van der Waals surface area (Å²) in [4.78, 5) is 31.2. The van der Waals surface area contributed by atoms with Crippen LogP contribution in [0.25, 0.3) is 5.69 Å². The molecule has 0 spiro atoms. The third kappa shape index (κ3) is 5.44. The van der Waals surface area contributed by atoms with Gasteiger partial charge in [0, 0.05) is 38.6 Å². The van der Waals surface area contributed by atoms with Gasteiger partial charge in [0.15, 0.2) is 0 Å². The van der Waals surface area contributed by atoms with Gasteiger partial charge < -0.3 is 15.1 Å². The number of aromatic nitrogens is 2. The van der Waals surface area contributed by atoms with Crippen molar-refractivity contribution in [1.82, 2.24) is 24.9 Å². The summed E-state index contributed by atoms with van der Waals surface area (Å²) in [7, 11) is 0. The van der Waals surface area contributed by atoms with Gasteiger partial charge in [0.05, 0.1) is 28.7 Å². The van der Waals surface area contributed by atoms with Gasteiger partial charge in [0.2, 0.25) is 5.91 Å². The van der Waals surface area contributed by atoms with Crippen molar-refractivity contribution in [2.75, 3.05) is 32.7 Å². The second-order valence-corrected chi connectivity index (χ2v) is 12.0. The Morgan fingerprint density at radius 1 is 0.900 bits per heavy atom. The molecular weight excluding hydrogens is 498 g/mol. The lowest BCUT2D eigenvalue weighted by atomic mass is 10.0. The molecular formula is C33H41N5O2. The van der Waals surface area contributed by atoms with Gasteiger partial charge in [0.25, 0.3) is 5.91 Å². The standard InChI is InChI=1S/C33H41N5O2/c1-23-31(24(2)38(35-23)29-15-7-4-8-16-29)33(40)37-21-27-19-36(20-28(27)22-37)18-17-30(25-11-5-3-6-12-25)34-32(39)26-13-9-10-14-26/h3-8,11-12,15-16,26-28,30H,9-10,13-14,17-22H2,1-2H3,(H,34,39)/t27-,28+,30-/m0/s1. The molecule has 3 fully saturated rings. The minimum atomic E-state index is 0.0416. The lowest BCUT2D eigenvalue weighted by Gasteiger charge is -2.25. The van der Waals surface area contributed by atoms with Crippen molar-refractivity contribution in [3.05, 3.63) is 83.2 Å². The highest BCUT2D eigenvalue weighted by Crippen LogP contribution is 2.34. The molecule has 0 radical (unpaired) electrons. The molecule has 3 atom stereocenters. The summed E-state index contributed by atoms with van der Waals surface area (Å²) >= 11 is 0. The van der Waals surface area contributed by atoms with Gasteiger partial charge in [-0.1, -0.05) is 61.4 Å². The van der Waals surface area contributed by atoms with Crippen LogP contribution in [0.3, 0.4) is 0 Å². The van der Waals surface area contributed by atoms with Crippen LogP contribution in [0.4, 0.5) is 0 Å². The number of nitrogens with zero attached hydrogens (tertiary/aromatic N) is 4. The molecule has 7 nitrogen and oxygen atoms in total. The molecule has 2 saturated heterocycles. The third-order valence-corrected chi connectivity index (χ3v) is 9.33. The van der Waals surface area contributed by atoms with Crippen molar-refractivity contribution in [2.45, 2.75) is 52.0 Å². The predicted octanol–water partition coefficient (Wildman–Crippen LogP) is 4.93. The maximum absolute atomic E-state index is 13.6. The summed E-state index contributed by atoms with van der Waals surface area (Å²) in [6, 6.07) is 20.5. The monoisotopic (exact) mass is 539 g/mol. The number of likely N-dealkylation sites (tertiary alicyclic amines) is 2. The number of amides is 2. The fourth-order valence-electron chi connectivity index (χ4n) is 7.17. The molecule has 1 N–H and O–H groups in total. The van der Waals surface area contributed by atoms with Gasteiger partial charge in [-0.3, -0.25) is 9.59 Å². The van der Waals surface area contributed by atoms with Crippen LogP contribution in [0, 0.1) is 31.6 Å². The Morgan fingerprint density at radius 3 is 2.17 bits per heavy atom. The molecule has 1 aromatic heterocycles. The van der Waals surface area contributed by atoms with Gasteiger partial charge in [-0.25, -0.2) is 4.68 Å².